The predicted octanol–water partition coefficient (Wildman–Crippen LogP) is 3.79. The van der Waals surface area contributed by atoms with Gasteiger partial charge in [-0.2, -0.15) is 0 Å². The predicted molar refractivity (Wildman–Crippen MR) is 97.0 cm³/mol. The van der Waals surface area contributed by atoms with Crippen molar-refractivity contribution in [1.82, 2.24) is 4.90 Å². The van der Waals surface area contributed by atoms with Crippen molar-refractivity contribution < 1.29 is 14.0 Å². The minimum atomic E-state index is -0.653. The van der Waals surface area contributed by atoms with Gasteiger partial charge in [-0.05, 0) is 35.6 Å². The molecule has 2 aromatic carbocycles. The molecule has 0 aliphatic carbocycles. The van der Waals surface area contributed by atoms with Gasteiger partial charge in [0.1, 0.15) is 11.8 Å². The Morgan fingerprint density at radius 1 is 0.846 bits per heavy atom. The Bertz CT molecular complexity index is 1060. The van der Waals surface area contributed by atoms with Crippen LogP contribution in [0.1, 0.15) is 46.4 Å². The van der Waals surface area contributed by atoms with Crippen molar-refractivity contribution in [1.29, 1.82) is 0 Å². The van der Waals surface area contributed by atoms with Gasteiger partial charge in [0.15, 0.2) is 0 Å². The third-order valence-corrected chi connectivity index (χ3v) is 4.72. The highest BCUT2D eigenvalue weighted by molar-refractivity contribution is 6.21. The molecule has 0 N–H and O–H groups in total. The summed E-state index contributed by atoms with van der Waals surface area (Å²) in [5.41, 5.74) is 0.290. The molecule has 1 aliphatic heterocycles. The van der Waals surface area contributed by atoms with E-state index in [0.29, 0.717) is 22.3 Å². The maximum absolute atomic E-state index is 12.9. The zero-order valence-electron chi connectivity index (χ0n) is 14.4. The molecule has 130 valence electrons. The van der Waals surface area contributed by atoms with E-state index in [2.05, 4.69) is 0 Å². The number of carbonyl (C=O) groups is 2. The molecule has 5 heteroatoms. The first-order valence-electron chi connectivity index (χ1n) is 8.48. The van der Waals surface area contributed by atoms with Crippen molar-refractivity contribution in [2.75, 3.05) is 0 Å². The molecule has 0 radical (unpaired) electrons. The molecule has 26 heavy (non-hydrogen) atoms. The highest BCUT2D eigenvalue weighted by atomic mass is 16.4. The molecule has 0 bridgehead atoms. The van der Waals surface area contributed by atoms with E-state index in [9.17, 15) is 14.4 Å². The molecule has 2 heterocycles. The van der Waals surface area contributed by atoms with Crippen molar-refractivity contribution in [2.45, 2.75) is 19.9 Å². The molecule has 5 nitrogen and oxygen atoms in total. The van der Waals surface area contributed by atoms with E-state index in [1.807, 2.05) is 26.0 Å². The first-order chi connectivity index (χ1) is 12.5. The van der Waals surface area contributed by atoms with Gasteiger partial charge in [-0.25, -0.2) is 4.79 Å². The van der Waals surface area contributed by atoms with Crippen molar-refractivity contribution in [3.8, 4) is 0 Å². The Hall–Kier alpha value is -3.21. The molecule has 0 unspecified atom stereocenters. The average Bonchev–Trinajstić information content (AvgIpc) is 2.87. The monoisotopic (exact) mass is 347 g/mol. The van der Waals surface area contributed by atoms with Crippen LogP contribution in [-0.4, -0.2) is 16.7 Å². The van der Waals surface area contributed by atoms with Crippen LogP contribution in [0.25, 0.3) is 10.8 Å². The van der Waals surface area contributed by atoms with Crippen LogP contribution < -0.4 is 5.63 Å². The van der Waals surface area contributed by atoms with Gasteiger partial charge < -0.3 is 4.42 Å². The Morgan fingerprint density at radius 3 is 2.04 bits per heavy atom. The molecule has 1 atom stereocenters. The number of fused-ring (bicyclic) bond motifs is 2. The van der Waals surface area contributed by atoms with E-state index < -0.39 is 11.7 Å². The van der Waals surface area contributed by atoms with Crippen LogP contribution in [0.3, 0.4) is 0 Å². The zero-order chi connectivity index (χ0) is 18.4. The Morgan fingerprint density at radius 2 is 1.42 bits per heavy atom. The lowest BCUT2D eigenvalue weighted by molar-refractivity contribution is 0.0509. The van der Waals surface area contributed by atoms with Gasteiger partial charge in [0.25, 0.3) is 11.8 Å². The highest BCUT2D eigenvalue weighted by Gasteiger charge is 2.42. The van der Waals surface area contributed by atoms with Crippen molar-refractivity contribution in [3.05, 3.63) is 81.9 Å². The van der Waals surface area contributed by atoms with E-state index in [-0.39, 0.29) is 17.7 Å². The summed E-state index contributed by atoms with van der Waals surface area (Å²) in [6.45, 7) is 3.78. The van der Waals surface area contributed by atoms with E-state index in [4.69, 9.17) is 4.42 Å². The number of hydrogen-bond donors (Lipinski definition) is 0. The van der Waals surface area contributed by atoms with E-state index in [1.54, 1.807) is 42.5 Å². The Labute approximate surface area is 149 Å². The molecule has 3 aromatic rings. The van der Waals surface area contributed by atoms with Crippen LogP contribution in [0.2, 0.25) is 0 Å². The lowest BCUT2D eigenvalue weighted by Gasteiger charge is -2.28. The number of amides is 2. The fourth-order valence-electron chi connectivity index (χ4n) is 3.51. The fourth-order valence-corrected chi connectivity index (χ4v) is 3.51. The summed E-state index contributed by atoms with van der Waals surface area (Å²) >= 11 is 0. The lowest BCUT2D eigenvalue weighted by atomic mass is 9.98. The second-order valence-electron chi connectivity index (χ2n) is 6.74. The molecular weight excluding hydrogens is 330 g/mol. The lowest BCUT2D eigenvalue weighted by Crippen LogP contribution is -2.37. The van der Waals surface area contributed by atoms with Crippen LogP contribution in [0.5, 0.6) is 0 Å². The van der Waals surface area contributed by atoms with Gasteiger partial charge in [0.05, 0.1) is 16.5 Å². The summed E-state index contributed by atoms with van der Waals surface area (Å²) in [4.78, 5) is 39.3. The Kier molecular flexibility index (Phi) is 3.72. The van der Waals surface area contributed by atoms with E-state index >= 15 is 0 Å². The van der Waals surface area contributed by atoms with Gasteiger partial charge in [0.2, 0.25) is 0 Å². The molecule has 1 aromatic heterocycles. The van der Waals surface area contributed by atoms with Crippen LogP contribution >= 0.6 is 0 Å². The first kappa shape index (κ1) is 16.3. The quantitative estimate of drug-likeness (QED) is 0.676. The summed E-state index contributed by atoms with van der Waals surface area (Å²) < 4.78 is 5.52. The van der Waals surface area contributed by atoms with Crippen LogP contribution in [0.15, 0.2) is 63.8 Å². The fraction of sp³-hybridized carbons (Fsp3) is 0.190. The number of hydrogen-bond acceptors (Lipinski definition) is 4. The summed E-state index contributed by atoms with van der Waals surface area (Å²) in [5.74, 6) is -0.528. The smallest absolute Gasteiger partial charge is 0.343 e. The minimum Gasteiger partial charge on any atom is -0.425 e. The summed E-state index contributed by atoms with van der Waals surface area (Å²) in [6.07, 6.45) is 0. The third kappa shape index (κ3) is 2.36. The highest BCUT2D eigenvalue weighted by Crippen LogP contribution is 2.36. The van der Waals surface area contributed by atoms with Crippen molar-refractivity contribution in [3.63, 3.8) is 0 Å². The number of benzene rings is 2. The maximum atomic E-state index is 12.9. The average molecular weight is 347 g/mol. The number of imide groups is 1. The van der Waals surface area contributed by atoms with Gasteiger partial charge in [-0.3, -0.25) is 14.5 Å². The first-order valence-corrected chi connectivity index (χ1v) is 8.48. The van der Waals surface area contributed by atoms with E-state index in [1.165, 1.54) is 4.90 Å². The molecule has 0 saturated heterocycles. The number of rotatable bonds is 3. The summed E-state index contributed by atoms with van der Waals surface area (Å²) in [5, 5.41) is 1.20. The van der Waals surface area contributed by atoms with Crippen LogP contribution in [0, 0.1) is 5.92 Å². The number of nitrogens with zero attached hydrogens (tertiary/aromatic N) is 1. The van der Waals surface area contributed by atoms with Gasteiger partial charge >= 0.3 is 5.63 Å². The third-order valence-electron chi connectivity index (χ3n) is 4.72. The molecule has 2 amide bonds. The number of carbonyl (C=O) groups excluding carboxylic acids is 2. The normalized spacial score (nSPS) is 15.0. The van der Waals surface area contributed by atoms with Crippen LogP contribution in [-0.2, 0) is 0 Å². The second kappa shape index (κ2) is 5.95. The van der Waals surface area contributed by atoms with Crippen LogP contribution in [0.4, 0.5) is 0 Å². The Balaban J connectivity index is 1.87. The van der Waals surface area contributed by atoms with Gasteiger partial charge in [-0.15, -0.1) is 0 Å². The maximum Gasteiger partial charge on any atom is 0.343 e. The molecule has 4 rings (SSSR count). The van der Waals surface area contributed by atoms with E-state index in [0.717, 1.165) is 5.39 Å². The standard InChI is InChI=1S/C21H17NO4/c1-12(2)18(17-11-13-7-3-4-8-14(13)21(25)26-17)22-19(23)15-9-5-6-10-16(15)20(22)24/h3-12,18H,1-2H3/t18-/m0/s1. The molecule has 1 aliphatic rings. The summed E-state index contributed by atoms with van der Waals surface area (Å²) in [7, 11) is 0. The largest absolute Gasteiger partial charge is 0.425 e. The van der Waals surface area contributed by atoms with Crippen molar-refractivity contribution >= 4 is 22.6 Å². The minimum absolute atomic E-state index is 0.124. The molecular formula is C21H17NO4. The molecule has 0 fully saturated rings. The van der Waals surface area contributed by atoms with Crippen molar-refractivity contribution in [2.24, 2.45) is 5.92 Å². The molecule has 0 saturated carbocycles. The molecule has 0 spiro atoms. The second-order valence-corrected chi connectivity index (χ2v) is 6.74. The van der Waals surface area contributed by atoms with Gasteiger partial charge in [0, 0.05) is 0 Å². The van der Waals surface area contributed by atoms with Gasteiger partial charge in [-0.1, -0.05) is 44.2 Å². The zero-order valence-corrected chi connectivity index (χ0v) is 14.4. The topological polar surface area (TPSA) is 67.6 Å². The SMILES string of the molecule is CC(C)[C@@H](c1cc2ccccc2c(=O)o1)N1C(=O)c2ccccc2C1=O. The summed E-state index contributed by atoms with van der Waals surface area (Å²) in [6, 6.07) is 14.9.